The van der Waals surface area contributed by atoms with E-state index in [4.69, 9.17) is 21.7 Å². The maximum Gasteiger partial charge on any atom is 0.178 e. The molecule has 3 rings (SSSR count). The molecule has 0 bridgehead atoms. The number of nitriles is 1. The van der Waals surface area contributed by atoms with E-state index in [0.29, 0.717) is 6.42 Å². The fourth-order valence-electron chi connectivity index (χ4n) is 3.43. The van der Waals surface area contributed by atoms with Gasteiger partial charge in [0.2, 0.25) is 0 Å². The average Bonchev–Trinajstić information content (AvgIpc) is 3.15. The summed E-state index contributed by atoms with van der Waals surface area (Å²) in [5.41, 5.74) is -0.105. The van der Waals surface area contributed by atoms with Crippen LogP contribution in [0.5, 0.6) is 0 Å². The predicted octanol–water partition coefficient (Wildman–Crippen LogP) is 3.13. The molecule has 1 unspecified atom stereocenters. The van der Waals surface area contributed by atoms with Gasteiger partial charge in [0.25, 0.3) is 0 Å². The van der Waals surface area contributed by atoms with Crippen LogP contribution in [0.3, 0.4) is 0 Å². The monoisotopic (exact) mass is 450 g/mol. The van der Waals surface area contributed by atoms with Crippen molar-refractivity contribution < 1.29 is 28.0 Å². The van der Waals surface area contributed by atoms with Gasteiger partial charge in [-0.3, -0.25) is 9.59 Å². The minimum Gasteiger partial charge on any atom is -0.506 e. The summed E-state index contributed by atoms with van der Waals surface area (Å²) in [5.74, 6) is -1.75. The molecule has 1 aromatic rings. The van der Waals surface area contributed by atoms with Crippen molar-refractivity contribution in [3.63, 3.8) is 0 Å². The molecule has 2 aliphatic rings. The zero-order valence-corrected chi connectivity index (χ0v) is 17.7. The first kappa shape index (κ1) is 22.0. The molecule has 10 heteroatoms. The van der Waals surface area contributed by atoms with Gasteiger partial charge in [0.1, 0.15) is 17.4 Å². The minimum atomic E-state index is -3.72. The van der Waals surface area contributed by atoms with Crippen LogP contribution < -0.4 is 0 Å². The Kier molecular flexibility index (Phi) is 6.29. The lowest BCUT2D eigenvalue weighted by Crippen LogP contribution is -2.21. The number of aliphatic hydroxyl groups excluding tert-OH is 1. The second-order valence-corrected chi connectivity index (χ2v) is 9.58. The molecule has 1 aromatic carbocycles. The molecule has 1 atom stereocenters. The van der Waals surface area contributed by atoms with Crippen molar-refractivity contribution in [1.29, 1.82) is 5.26 Å². The summed E-state index contributed by atoms with van der Waals surface area (Å²) in [7, 11) is -3.72. The van der Waals surface area contributed by atoms with E-state index in [-0.39, 0.29) is 63.8 Å². The predicted molar refractivity (Wildman–Crippen MR) is 109 cm³/mol. The Labute approximate surface area is 178 Å². The van der Waals surface area contributed by atoms with Crippen LogP contribution in [0, 0.1) is 11.3 Å². The summed E-state index contributed by atoms with van der Waals surface area (Å²) in [6.07, 6.45) is 0.338. The van der Waals surface area contributed by atoms with Crippen molar-refractivity contribution in [2.24, 2.45) is 5.16 Å². The van der Waals surface area contributed by atoms with Crippen molar-refractivity contribution in [3.8, 4) is 6.07 Å². The molecule has 0 amide bonds. The minimum absolute atomic E-state index is 0.0354. The molecular formula is C20H19ClN2O6S. The van der Waals surface area contributed by atoms with Crippen molar-refractivity contribution in [2.45, 2.75) is 50.0 Å². The second kappa shape index (κ2) is 8.58. The molecule has 158 valence electrons. The number of allylic oxidation sites excluding steroid dienone is 1. The van der Waals surface area contributed by atoms with Crippen molar-refractivity contribution in [2.75, 3.05) is 5.75 Å². The number of carbonyl (C=O) groups is 2. The third kappa shape index (κ3) is 3.98. The fraction of sp³-hybridized carbons (Fsp3) is 0.400. The normalized spacial score (nSPS) is 19.3. The number of carbonyl (C=O) groups excluding carboxylic acids is 2. The molecule has 1 heterocycles. The van der Waals surface area contributed by atoms with Crippen LogP contribution in [-0.2, 0) is 24.3 Å². The van der Waals surface area contributed by atoms with Crippen molar-refractivity contribution in [3.05, 3.63) is 33.9 Å². The number of ketones is 2. The highest BCUT2D eigenvalue weighted by molar-refractivity contribution is 7.91. The van der Waals surface area contributed by atoms with E-state index in [0.717, 1.165) is 0 Å². The van der Waals surface area contributed by atoms with Crippen LogP contribution in [0.4, 0.5) is 0 Å². The number of hydrogen-bond acceptors (Lipinski definition) is 8. The van der Waals surface area contributed by atoms with Gasteiger partial charge in [0.15, 0.2) is 21.4 Å². The Hall–Kier alpha value is -2.70. The smallest absolute Gasteiger partial charge is 0.178 e. The van der Waals surface area contributed by atoms with Gasteiger partial charge in [-0.05, 0) is 18.6 Å². The third-order valence-corrected chi connectivity index (χ3v) is 7.18. The number of hydrogen-bond donors (Lipinski definition) is 1. The lowest BCUT2D eigenvalue weighted by atomic mass is 9.89. The summed E-state index contributed by atoms with van der Waals surface area (Å²) in [5, 5.41) is 23.3. The van der Waals surface area contributed by atoms with Crippen LogP contribution in [0.15, 0.2) is 27.8 Å². The van der Waals surface area contributed by atoms with Gasteiger partial charge in [-0.2, -0.15) is 5.26 Å². The van der Waals surface area contributed by atoms with E-state index in [2.05, 4.69) is 5.16 Å². The molecule has 8 nitrogen and oxygen atoms in total. The first-order valence-corrected chi connectivity index (χ1v) is 11.4. The number of halogens is 1. The third-order valence-electron chi connectivity index (χ3n) is 5.02. The Balaban J connectivity index is 2.21. The first-order chi connectivity index (χ1) is 14.2. The van der Waals surface area contributed by atoms with E-state index >= 15 is 0 Å². The lowest BCUT2D eigenvalue weighted by molar-refractivity contribution is -0.123. The van der Waals surface area contributed by atoms with E-state index in [9.17, 15) is 23.1 Å². The Morgan fingerprint density at radius 3 is 2.60 bits per heavy atom. The van der Waals surface area contributed by atoms with Crippen molar-refractivity contribution in [1.82, 2.24) is 0 Å². The Bertz CT molecular complexity index is 1110. The van der Waals surface area contributed by atoms with Crippen LogP contribution in [0.2, 0.25) is 5.02 Å². The molecule has 1 saturated carbocycles. The summed E-state index contributed by atoms with van der Waals surface area (Å²) < 4.78 is 25.3. The fourth-order valence-corrected chi connectivity index (χ4v) is 4.96. The molecule has 30 heavy (non-hydrogen) atoms. The van der Waals surface area contributed by atoms with Gasteiger partial charge in [0, 0.05) is 30.4 Å². The van der Waals surface area contributed by atoms with Crippen LogP contribution in [0.25, 0.3) is 5.76 Å². The molecule has 0 spiro atoms. The highest BCUT2D eigenvalue weighted by Crippen LogP contribution is 2.37. The molecule has 0 aromatic heterocycles. The maximum atomic E-state index is 12.6. The molecule has 0 saturated heterocycles. The topological polar surface area (TPSA) is 134 Å². The van der Waals surface area contributed by atoms with E-state index in [1.54, 1.807) is 0 Å². The largest absolute Gasteiger partial charge is 0.506 e. The summed E-state index contributed by atoms with van der Waals surface area (Å²) in [4.78, 5) is 29.5. The van der Waals surface area contributed by atoms with Gasteiger partial charge < -0.3 is 9.94 Å². The quantitative estimate of drug-likeness (QED) is 0.413. The van der Waals surface area contributed by atoms with Crippen LogP contribution in [-0.4, -0.2) is 42.7 Å². The Morgan fingerprint density at radius 1 is 1.33 bits per heavy atom. The van der Waals surface area contributed by atoms with Gasteiger partial charge >= 0.3 is 0 Å². The van der Waals surface area contributed by atoms with Crippen LogP contribution in [0.1, 0.15) is 50.2 Å². The molecule has 1 aliphatic heterocycles. The zero-order chi connectivity index (χ0) is 22.1. The number of sulfone groups is 1. The highest BCUT2D eigenvalue weighted by Gasteiger charge is 2.33. The first-order valence-electron chi connectivity index (χ1n) is 9.36. The number of rotatable bonds is 5. The number of aliphatic hydroxyl groups is 1. The zero-order valence-electron chi connectivity index (χ0n) is 16.1. The summed E-state index contributed by atoms with van der Waals surface area (Å²) in [6.45, 7) is 1.48. The van der Waals surface area contributed by atoms with Crippen molar-refractivity contribution >= 4 is 44.5 Å². The Morgan fingerprint density at radius 2 is 2.00 bits per heavy atom. The van der Waals surface area contributed by atoms with E-state index in [1.807, 2.05) is 6.07 Å². The van der Waals surface area contributed by atoms with Crippen LogP contribution >= 0.6 is 11.6 Å². The summed E-state index contributed by atoms with van der Waals surface area (Å²) in [6, 6.07) is 4.50. The van der Waals surface area contributed by atoms with Gasteiger partial charge in [0.05, 0.1) is 33.9 Å². The maximum absolute atomic E-state index is 12.6. The average molecular weight is 451 g/mol. The van der Waals surface area contributed by atoms with E-state index in [1.165, 1.54) is 19.1 Å². The number of Topliss-reactive ketones (excluding diaryl/α,β-unsaturated/α-hetero) is 2. The standard InChI is InChI=1S/C20H19ClN2O6S/c1-2-30(27,28)16-7-6-12(20(26)18-14(24)4-3-5-15(18)25)19(21)17(16)13-10-11(8-9-22)29-23-13/h6-7,11,26H,2-5,8,10H2,1H3. The molecule has 1 N–H and O–H groups in total. The molecular weight excluding hydrogens is 432 g/mol. The molecule has 1 aliphatic carbocycles. The number of oxime groups is 1. The highest BCUT2D eigenvalue weighted by atomic mass is 35.5. The number of nitrogens with zero attached hydrogens (tertiary/aromatic N) is 2. The van der Waals surface area contributed by atoms with E-state index < -0.39 is 33.3 Å². The molecule has 1 fully saturated rings. The number of benzene rings is 1. The summed E-state index contributed by atoms with van der Waals surface area (Å²) >= 11 is 6.51. The van der Waals surface area contributed by atoms with Gasteiger partial charge in [-0.25, -0.2) is 8.42 Å². The second-order valence-electron chi connectivity index (χ2n) is 6.96. The van der Waals surface area contributed by atoms with Gasteiger partial charge in [-0.15, -0.1) is 0 Å². The molecule has 0 radical (unpaired) electrons. The lowest BCUT2D eigenvalue weighted by Gasteiger charge is -2.17. The van der Waals surface area contributed by atoms with Gasteiger partial charge in [-0.1, -0.05) is 23.7 Å². The SMILES string of the molecule is CCS(=O)(=O)c1ccc(C(O)=C2C(=O)CCCC2=O)c(Cl)c1C1=NOC(CC#N)C1.